The van der Waals surface area contributed by atoms with Crippen molar-refractivity contribution in [2.75, 3.05) is 13.2 Å². The van der Waals surface area contributed by atoms with Gasteiger partial charge < -0.3 is 10.1 Å². The van der Waals surface area contributed by atoms with E-state index in [9.17, 15) is 8.78 Å². The van der Waals surface area contributed by atoms with Gasteiger partial charge >= 0.3 is 0 Å². The van der Waals surface area contributed by atoms with Crippen LogP contribution in [-0.2, 0) is 15.1 Å². The molecule has 1 heterocycles. The number of hydrazone groups is 1. The maximum absolute atomic E-state index is 14.3. The van der Waals surface area contributed by atoms with Crippen LogP contribution in [0.2, 0.25) is 0 Å². The van der Waals surface area contributed by atoms with Crippen LogP contribution in [0.5, 0.6) is 0 Å². The summed E-state index contributed by atoms with van der Waals surface area (Å²) in [7, 11) is 0. The molecule has 0 amide bonds. The van der Waals surface area contributed by atoms with Gasteiger partial charge in [0.25, 0.3) is 0 Å². The lowest BCUT2D eigenvalue weighted by molar-refractivity contribution is 0.0133. The monoisotopic (exact) mass is 433 g/mol. The van der Waals surface area contributed by atoms with Crippen molar-refractivity contribution in [3.8, 4) is 0 Å². The lowest BCUT2D eigenvalue weighted by Gasteiger charge is -2.24. The number of nitrogens with one attached hydrogen (secondary N) is 1. The minimum atomic E-state index is -1.61. The predicted molar refractivity (Wildman–Crippen MR) is 103 cm³/mol. The van der Waals surface area contributed by atoms with Crippen molar-refractivity contribution in [3.63, 3.8) is 0 Å². The molecule has 1 N–H and O–H groups in total. The Morgan fingerprint density at radius 2 is 1.96 bits per heavy atom. The SMILES string of the molecule is Fc1ccc(C(CN2CNC=N2)OCc2ccccc2C(Cl)(Cl)Cl)c(F)c1. The minimum absolute atomic E-state index is 0.0799. The Bertz CT molecular complexity index is 830. The third-order valence-electron chi connectivity index (χ3n) is 4.03. The van der Waals surface area contributed by atoms with Crippen molar-refractivity contribution < 1.29 is 13.5 Å². The molecule has 144 valence electrons. The van der Waals surface area contributed by atoms with Crippen LogP contribution in [0.1, 0.15) is 22.8 Å². The third kappa shape index (κ3) is 5.23. The lowest BCUT2D eigenvalue weighted by atomic mass is 10.1. The van der Waals surface area contributed by atoms with Crippen LogP contribution in [0.25, 0.3) is 0 Å². The first-order chi connectivity index (χ1) is 12.8. The highest BCUT2D eigenvalue weighted by Crippen LogP contribution is 2.40. The van der Waals surface area contributed by atoms with E-state index in [0.717, 1.165) is 6.07 Å². The zero-order valence-corrected chi connectivity index (χ0v) is 16.3. The van der Waals surface area contributed by atoms with E-state index >= 15 is 0 Å². The summed E-state index contributed by atoms with van der Waals surface area (Å²) in [5, 5.41) is 8.72. The first-order valence-corrected chi connectivity index (χ1v) is 9.20. The van der Waals surface area contributed by atoms with Crippen LogP contribution in [0.15, 0.2) is 47.6 Å². The Hall–Kier alpha value is -1.60. The van der Waals surface area contributed by atoms with E-state index in [4.69, 9.17) is 39.5 Å². The summed E-state index contributed by atoms with van der Waals surface area (Å²) in [5.74, 6) is -1.34. The molecule has 0 bridgehead atoms. The fourth-order valence-corrected chi connectivity index (χ4v) is 3.28. The maximum atomic E-state index is 14.3. The highest BCUT2D eigenvalue weighted by Gasteiger charge is 2.27. The summed E-state index contributed by atoms with van der Waals surface area (Å²) in [4.78, 5) is 0. The number of hydrogen-bond acceptors (Lipinski definition) is 4. The van der Waals surface area contributed by atoms with Crippen LogP contribution < -0.4 is 5.32 Å². The number of benzene rings is 2. The standard InChI is InChI=1S/C18H16Cl3F2N3O/c19-18(20,21)15-4-2-1-3-12(15)9-27-17(8-26-11-24-10-25-26)14-6-5-13(22)7-16(14)23/h1-7,10,17H,8-9,11H2,(H,24,25). The van der Waals surface area contributed by atoms with E-state index < -0.39 is 21.5 Å². The van der Waals surface area contributed by atoms with Crippen molar-refractivity contribution in [1.29, 1.82) is 0 Å². The van der Waals surface area contributed by atoms with E-state index in [1.807, 2.05) is 0 Å². The quantitative estimate of drug-likeness (QED) is 0.660. The predicted octanol–water partition coefficient (Wildman–Crippen LogP) is 4.86. The number of alkyl halides is 3. The molecule has 1 aliphatic heterocycles. The molecule has 9 heteroatoms. The lowest BCUT2D eigenvalue weighted by Crippen LogP contribution is -2.28. The molecule has 3 rings (SSSR count). The summed E-state index contributed by atoms with van der Waals surface area (Å²) in [6, 6.07) is 10.4. The van der Waals surface area contributed by atoms with Gasteiger partial charge in [0.2, 0.25) is 3.79 Å². The normalized spacial score (nSPS) is 15.1. The van der Waals surface area contributed by atoms with Crippen molar-refractivity contribution in [2.24, 2.45) is 5.10 Å². The molecule has 0 spiro atoms. The van der Waals surface area contributed by atoms with Gasteiger partial charge in [0.1, 0.15) is 30.7 Å². The molecule has 0 aliphatic carbocycles. The van der Waals surface area contributed by atoms with Gasteiger partial charge in [-0.2, -0.15) is 5.10 Å². The molecule has 0 fully saturated rings. The van der Waals surface area contributed by atoms with Gasteiger partial charge in [-0.25, -0.2) is 8.78 Å². The summed E-state index contributed by atoms with van der Waals surface area (Å²) in [5.41, 5.74) is 1.37. The largest absolute Gasteiger partial charge is 0.367 e. The van der Waals surface area contributed by atoms with E-state index in [1.165, 1.54) is 18.5 Å². The highest BCUT2D eigenvalue weighted by molar-refractivity contribution is 6.66. The fourth-order valence-electron chi connectivity index (χ4n) is 2.73. The molecule has 1 unspecified atom stereocenters. The van der Waals surface area contributed by atoms with Gasteiger partial charge in [0.05, 0.1) is 13.2 Å². The molecule has 1 aliphatic rings. The van der Waals surface area contributed by atoms with Gasteiger partial charge in [0, 0.05) is 17.2 Å². The first kappa shape index (κ1) is 20.1. The van der Waals surface area contributed by atoms with Crippen LogP contribution in [-0.4, -0.2) is 24.6 Å². The number of rotatable bonds is 6. The van der Waals surface area contributed by atoms with Gasteiger partial charge in [-0.05, 0) is 11.6 Å². The third-order valence-corrected chi connectivity index (χ3v) is 4.65. The van der Waals surface area contributed by atoms with E-state index in [1.54, 1.807) is 29.3 Å². The van der Waals surface area contributed by atoms with Crippen LogP contribution in [0.3, 0.4) is 0 Å². The zero-order valence-electron chi connectivity index (χ0n) is 14.0. The fraction of sp³-hybridized carbons (Fsp3) is 0.278. The van der Waals surface area contributed by atoms with Crippen LogP contribution in [0, 0.1) is 11.6 Å². The van der Waals surface area contributed by atoms with E-state index in [-0.39, 0.29) is 18.7 Å². The van der Waals surface area contributed by atoms with Crippen molar-refractivity contribution >= 4 is 41.1 Å². The molecule has 2 aromatic carbocycles. The molecule has 0 saturated carbocycles. The Kier molecular flexibility index (Phi) is 6.42. The average Bonchev–Trinajstić information content (AvgIpc) is 3.11. The number of hydrogen-bond donors (Lipinski definition) is 1. The van der Waals surface area contributed by atoms with Gasteiger partial charge in [0.15, 0.2) is 0 Å². The molecule has 1 atom stereocenters. The molecule has 0 saturated heterocycles. The minimum Gasteiger partial charge on any atom is -0.367 e. The molecular formula is C18H16Cl3F2N3O. The van der Waals surface area contributed by atoms with Gasteiger partial charge in [-0.15, -0.1) is 0 Å². The second kappa shape index (κ2) is 8.61. The second-order valence-corrected chi connectivity index (χ2v) is 8.20. The highest BCUT2D eigenvalue weighted by atomic mass is 35.6. The number of ether oxygens (including phenoxy) is 1. The molecule has 0 radical (unpaired) electrons. The smallest absolute Gasteiger partial charge is 0.216 e. The molecule has 0 aromatic heterocycles. The van der Waals surface area contributed by atoms with Crippen LogP contribution in [0.4, 0.5) is 8.78 Å². The second-order valence-electron chi connectivity index (χ2n) is 5.92. The summed E-state index contributed by atoms with van der Waals surface area (Å²) < 4.78 is 31.9. The molecule has 2 aromatic rings. The maximum Gasteiger partial charge on any atom is 0.216 e. The Labute approximate surface area is 170 Å². The first-order valence-electron chi connectivity index (χ1n) is 8.07. The average molecular weight is 435 g/mol. The Morgan fingerprint density at radius 3 is 2.63 bits per heavy atom. The molecule has 27 heavy (non-hydrogen) atoms. The van der Waals surface area contributed by atoms with Crippen LogP contribution >= 0.6 is 34.8 Å². The topological polar surface area (TPSA) is 36.9 Å². The van der Waals surface area contributed by atoms with Crippen molar-refractivity contribution in [1.82, 2.24) is 10.3 Å². The summed E-state index contributed by atoms with van der Waals surface area (Å²) >= 11 is 18.0. The Morgan fingerprint density at radius 1 is 1.19 bits per heavy atom. The van der Waals surface area contributed by atoms with Gasteiger partial charge in [-0.3, -0.25) is 5.01 Å². The summed E-state index contributed by atoms with van der Waals surface area (Å²) in [6.07, 6.45) is 0.835. The summed E-state index contributed by atoms with van der Waals surface area (Å²) in [6.45, 7) is 0.811. The van der Waals surface area contributed by atoms with Gasteiger partial charge in [-0.1, -0.05) is 65.1 Å². The molecule has 4 nitrogen and oxygen atoms in total. The van der Waals surface area contributed by atoms with Crippen molar-refractivity contribution in [2.45, 2.75) is 16.5 Å². The zero-order chi connectivity index (χ0) is 19.4. The van der Waals surface area contributed by atoms with E-state index in [2.05, 4.69) is 10.4 Å². The number of halogens is 5. The molecular weight excluding hydrogens is 419 g/mol. The van der Waals surface area contributed by atoms with E-state index in [0.29, 0.717) is 17.8 Å². The Balaban J connectivity index is 1.83. The number of nitrogens with zero attached hydrogens (tertiary/aromatic N) is 2. The van der Waals surface area contributed by atoms with Crippen molar-refractivity contribution in [3.05, 3.63) is 70.8 Å².